The van der Waals surface area contributed by atoms with Gasteiger partial charge in [0, 0.05) is 20.1 Å². The van der Waals surface area contributed by atoms with Crippen molar-refractivity contribution in [3.63, 3.8) is 0 Å². The van der Waals surface area contributed by atoms with Gasteiger partial charge in [0.05, 0.1) is 12.5 Å². The second-order valence-electron chi connectivity index (χ2n) is 5.89. The molecule has 2 unspecified atom stereocenters. The van der Waals surface area contributed by atoms with Gasteiger partial charge in [0.2, 0.25) is 0 Å². The van der Waals surface area contributed by atoms with E-state index in [1.54, 1.807) is 7.05 Å². The van der Waals surface area contributed by atoms with Gasteiger partial charge in [-0.25, -0.2) is 0 Å². The molecule has 6 nitrogen and oxygen atoms in total. The molecule has 1 aliphatic rings. The standard InChI is InChI=1S/C14H23F3N6/c1-9-21-22-12(23(9)3)8-19-13(18-2)20-11-6-4-5-10(7-11)14(15,16)17/h10-11H,4-8H2,1-3H3,(H2,18,19,20). The molecule has 0 saturated heterocycles. The molecule has 0 spiro atoms. The Balaban J connectivity index is 1.88. The van der Waals surface area contributed by atoms with Crippen molar-refractivity contribution in [2.75, 3.05) is 7.05 Å². The van der Waals surface area contributed by atoms with Crippen LogP contribution in [0.4, 0.5) is 13.2 Å². The number of aliphatic imine (C=N–C) groups is 1. The van der Waals surface area contributed by atoms with Gasteiger partial charge in [0.1, 0.15) is 5.82 Å². The molecule has 1 aromatic heterocycles. The first-order chi connectivity index (χ1) is 10.8. The fourth-order valence-corrected chi connectivity index (χ4v) is 2.77. The lowest BCUT2D eigenvalue weighted by Gasteiger charge is -2.31. The van der Waals surface area contributed by atoms with E-state index in [-0.39, 0.29) is 18.9 Å². The van der Waals surface area contributed by atoms with Crippen LogP contribution in [0, 0.1) is 12.8 Å². The minimum Gasteiger partial charge on any atom is -0.354 e. The largest absolute Gasteiger partial charge is 0.391 e. The first kappa shape index (κ1) is 17.6. The first-order valence-electron chi connectivity index (χ1n) is 7.70. The molecule has 9 heteroatoms. The van der Waals surface area contributed by atoms with Crippen molar-refractivity contribution in [2.45, 2.75) is 51.4 Å². The third kappa shape index (κ3) is 4.59. The Hall–Kier alpha value is -1.80. The van der Waals surface area contributed by atoms with Crippen LogP contribution in [0.2, 0.25) is 0 Å². The lowest BCUT2D eigenvalue weighted by molar-refractivity contribution is -0.183. The Morgan fingerprint density at radius 2 is 2.09 bits per heavy atom. The highest BCUT2D eigenvalue weighted by Crippen LogP contribution is 2.37. The maximum absolute atomic E-state index is 12.9. The van der Waals surface area contributed by atoms with Crippen molar-refractivity contribution in [1.29, 1.82) is 0 Å². The summed E-state index contributed by atoms with van der Waals surface area (Å²) >= 11 is 0. The molecule has 2 rings (SSSR count). The van der Waals surface area contributed by atoms with E-state index in [0.717, 1.165) is 18.1 Å². The topological polar surface area (TPSA) is 67.1 Å². The summed E-state index contributed by atoms with van der Waals surface area (Å²) in [5.41, 5.74) is 0. The van der Waals surface area contributed by atoms with Crippen LogP contribution in [-0.2, 0) is 13.6 Å². The normalized spacial score (nSPS) is 23.0. The Bertz CT molecular complexity index is 551. The lowest BCUT2D eigenvalue weighted by Crippen LogP contribution is -2.46. The van der Waals surface area contributed by atoms with E-state index in [0.29, 0.717) is 18.9 Å². The Kier molecular flexibility index (Phi) is 5.48. The van der Waals surface area contributed by atoms with Crippen LogP contribution >= 0.6 is 0 Å². The number of hydrogen-bond acceptors (Lipinski definition) is 3. The molecular weight excluding hydrogens is 309 g/mol. The predicted octanol–water partition coefficient (Wildman–Crippen LogP) is 1.91. The molecule has 0 aliphatic heterocycles. The quantitative estimate of drug-likeness (QED) is 0.655. The summed E-state index contributed by atoms with van der Waals surface area (Å²) in [4.78, 5) is 4.08. The van der Waals surface area contributed by atoms with E-state index >= 15 is 0 Å². The molecular formula is C14H23F3N6. The fraction of sp³-hybridized carbons (Fsp3) is 0.786. The molecule has 2 atom stereocenters. The third-order valence-corrected chi connectivity index (χ3v) is 4.30. The van der Waals surface area contributed by atoms with Crippen molar-refractivity contribution >= 4 is 5.96 Å². The molecule has 1 saturated carbocycles. The molecule has 1 aliphatic carbocycles. The van der Waals surface area contributed by atoms with Crippen molar-refractivity contribution in [3.05, 3.63) is 11.6 Å². The number of aryl methyl sites for hydroxylation is 1. The SMILES string of the molecule is CN=C(NCc1nnc(C)n1C)NC1CCCC(C(F)(F)F)C1. The summed E-state index contributed by atoms with van der Waals surface area (Å²) in [5.74, 6) is 0.791. The summed E-state index contributed by atoms with van der Waals surface area (Å²) in [5, 5.41) is 14.2. The summed E-state index contributed by atoms with van der Waals surface area (Å²) < 4.78 is 40.4. The number of nitrogens with zero attached hydrogens (tertiary/aromatic N) is 4. The average Bonchev–Trinajstić information content (AvgIpc) is 2.82. The van der Waals surface area contributed by atoms with Gasteiger partial charge in [-0.2, -0.15) is 13.2 Å². The highest BCUT2D eigenvalue weighted by Gasteiger charge is 2.42. The van der Waals surface area contributed by atoms with Gasteiger partial charge >= 0.3 is 6.18 Å². The molecule has 0 aromatic carbocycles. The van der Waals surface area contributed by atoms with Gasteiger partial charge in [-0.15, -0.1) is 10.2 Å². The Morgan fingerprint density at radius 3 is 2.65 bits per heavy atom. The highest BCUT2D eigenvalue weighted by atomic mass is 19.4. The summed E-state index contributed by atoms with van der Waals surface area (Å²) in [6.45, 7) is 2.26. The molecule has 23 heavy (non-hydrogen) atoms. The zero-order chi connectivity index (χ0) is 17.0. The number of hydrogen-bond donors (Lipinski definition) is 2. The van der Waals surface area contributed by atoms with Gasteiger partial charge in [-0.1, -0.05) is 6.42 Å². The molecule has 130 valence electrons. The summed E-state index contributed by atoms with van der Waals surface area (Å²) in [6.07, 6.45) is -2.52. The molecule has 0 amide bonds. The maximum Gasteiger partial charge on any atom is 0.391 e. The van der Waals surface area contributed by atoms with E-state index < -0.39 is 12.1 Å². The summed E-state index contributed by atoms with van der Waals surface area (Å²) in [7, 11) is 3.46. The maximum atomic E-state index is 12.9. The van der Waals surface area contributed by atoms with E-state index in [1.807, 2.05) is 18.5 Å². The number of halogens is 3. The zero-order valence-electron chi connectivity index (χ0n) is 13.6. The van der Waals surface area contributed by atoms with Crippen LogP contribution in [-0.4, -0.2) is 40.0 Å². The van der Waals surface area contributed by atoms with E-state index in [4.69, 9.17) is 0 Å². The molecule has 1 fully saturated rings. The van der Waals surface area contributed by atoms with Crippen molar-refractivity contribution in [1.82, 2.24) is 25.4 Å². The minimum atomic E-state index is -4.12. The van der Waals surface area contributed by atoms with Crippen LogP contribution in [0.3, 0.4) is 0 Å². The number of nitrogens with one attached hydrogen (secondary N) is 2. The average molecular weight is 332 g/mol. The third-order valence-electron chi connectivity index (χ3n) is 4.30. The molecule has 0 bridgehead atoms. The summed E-state index contributed by atoms with van der Waals surface area (Å²) in [6, 6.07) is -0.220. The second-order valence-corrected chi connectivity index (χ2v) is 5.89. The minimum absolute atomic E-state index is 0.0905. The van der Waals surface area contributed by atoms with Crippen LogP contribution in [0.5, 0.6) is 0 Å². The van der Waals surface area contributed by atoms with Gasteiger partial charge in [0.15, 0.2) is 11.8 Å². The van der Waals surface area contributed by atoms with Crippen LogP contribution in [0.1, 0.15) is 37.3 Å². The van der Waals surface area contributed by atoms with Gasteiger partial charge in [-0.3, -0.25) is 4.99 Å². The van der Waals surface area contributed by atoms with E-state index in [9.17, 15) is 13.2 Å². The first-order valence-corrected chi connectivity index (χ1v) is 7.70. The van der Waals surface area contributed by atoms with Gasteiger partial charge < -0.3 is 15.2 Å². The zero-order valence-corrected chi connectivity index (χ0v) is 13.6. The van der Waals surface area contributed by atoms with Crippen LogP contribution in [0.25, 0.3) is 0 Å². The smallest absolute Gasteiger partial charge is 0.354 e. The number of guanidine groups is 1. The lowest BCUT2D eigenvalue weighted by atomic mass is 9.85. The van der Waals surface area contributed by atoms with E-state index in [1.165, 1.54) is 0 Å². The number of aromatic nitrogens is 3. The van der Waals surface area contributed by atoms with Crippen molar-refractivity contribution in [3.8, 4) is 0 Å². The Morgan fingerprint density at radius 1 is 1.35 bits per heavy atom. The molecule has 1 aromatic rings. The highest BCUT2D eigenvalue weighted by molar-refractivity contribution is 5.79. The fourth-order valence-electron chi connectivity index (χ4n) is 2.77. The van der Waals surface area contributed by atoms with E-state index in [2.05, 4.69) is 25.8 Å². The van der Waals surface area contributed by atoms with Gasteiger partial charge in [0.25, 0.3) is 0 Å². The van der Waals surface area contributed by atoms with Crippen LogP contribution < -0.4 is 10.6 Å². The molecule has 2 N–H and O–H groups in total. The number of alkyl halides is 3. The molecule has 0 radical (unpaired) electrons. The number of rotatable bonds is 3. The predicted molar refractivity (Wildman–Crippen MR) is 80.9 cm³/mol. The van der Waals surface area contributed by atoms with Crippen molar-refractivity contribution in [2.24, 2.45) is 18.0 Å². The van der Waals surface area contributed by atoms with Gasteiger partial charge in [-0.05, 0) is 26.2 Å². The Labute approximate surface area is 133 Å². The second kappa shape index (κ2) is 7.18. The van der Waals surface area contributed by atoms with Crippen molar-refractivity contribution < 1.29 is 13.2 Å². The monoisotopic (exact) mass is 332 g/mol. The van der Waals surface area contributed by atoms with Crippen LogP contribution in [0.15, 0.2) is 4.99 Å². The molecule has 1 heterocycles.